The molecule has 1 spiro atoms. The lowest BCUT2D eigenvalue weighted by atomic mass is 9.55. The van der Waals surface area contributed by atoms with Crippen molar-refractivity contribution in [1.82, 2.24) is 29.6 Å². The van der Waals surface area contributed by atoms with E-state index in [9.17, 15) is 23.5 Å². The number of fused-ring (bicyclic) bond motifs is 1. The Hall–Kier alpha value is -4.66. The minimum absolute atomic E-state index is 0.0854. The van der Waals surface area contributed by atoms with Crippen LogP contribution in [0.5, 0.6) is 0 Å². The Labute approximate surface area is 249 Å². The number of halogens is 2. The number of anilines is 2. The fourth-order valence-electron chi connectivity index (χ4n) is 6.64. The number of methoxy groups -OCH3 is 1. The molecule has 6 heterocycles. The minimum atomic E-state index is -2.74. The number of hydrogen-bond donors (Lipinski definition) is 2. The number of pyridine rings is 2. The Morgan fingerprint density at radius 2 is 2.00 bits per heavy atom. The molecule has 44 heavy (non-hydrogen) atoms. The van der Waals surface area contributed by atoms with E-state index in [2.05, 4.69) is 25.5 Å². The lowest BCUT2D eigenvalue weighted by Gasteiger charge is -2.62. The number of amides is 2. The van der Waals surface area contributed by atoms with Crippen LogP contribution in [0.1, 0.15) is 47.6 Å². The molecule has 0 radical (unpaired) electrons. The van der Waals surface area contributed by atoms with Crippen LogP contribution >= 0.6 is 0 Å². The van der Waals surface area contributed by atoms with E-state index in [1.54, 1.807) is 34.8 Å². The van der Waals surface area contributed by atoms with E-state index in [4.69, 9.17) is 9.26 Å². The van der Waals surface area contributed by atoms with Crippen molar-refractivity contribution in [1.29, 1.82) is 0 Å². The number of aromatic nitrogens is 5. The maximum atomic E-state index is 13.4. The minimum Gasteiger partial charge on any atom is -0.453 e. The maximum Gasteiger partial charge on any atom is 0.409 e. The van der Waals surface area contributed by atoms with E-state index in [1.807, 2.05) is 24.0 Å². The summed E-state index contributed by atoms with van der Waals surface area (Å²) in [5.41, 5.74) is 1.18. The second-order valence-corrected chi connectivity index (χ2v) is 12.1. The van der Waals surface area contributed by atoms with E-state index in [0.717, 1.165) is 5.69 Å². The fourth-order valence-corrected chi connectivity index (χ4v) is 6.64. The van der Waals surface area contributed by atoms with Crippen LogP contribution in [0.25, 0.3) is 16.9 Å². The predicted octanol–water partition coefficient (Wildman–Crippen LogP) is 3.49. The molecule has 2 saturated heterocycles. The maximum absolute atomic E-state index is 13.4. The van der Waals surface area contributed by atoms with Gasteiger partial charge in [0.15, 0.2) is 0 Å². The van der Waals surface area contributed by atoms with Crippen LogP contribution in [-0.4, -0.2) is 91.6 Å². The fraction of sp³-hybridized carbons (Fsp3) is 0.448. The molecule has 1 aliphatic carbocycles. The summed E-state index contributed by atoms with van der Waals surface area (Å²) in [4.78, 5) is 37.8. The zero-order valence-electron chi connectivity index (χ0n) is 24.2. The van der Waals surface area contributed by atoms with Gasteiger partial charge in [-0.05, 0) is 44.9 Å². The first-order valence-corrected chi connectivity index (χ1v) is 14.2. The van der Waals surface area contributed by atoms with Gasteiger partial charge in [-0.25, -0.2) is 18.1 Å². The van der Waals surface area contributed by atoms with Crippen molar-refractivity contribution in [3.05, 3.63) is 53.9 Å². The van der Waals surface area contributed by atoms with Gasteiger partial charge in [0, 0.05) is 54.7 Å². The van der Waals surface area contributed by atoms with Crippen LogP contribution in [0.15, 0.2) is 41.3 Å². The summed E-state index contributed by atoms with van der Waals surface area (Å²) >= 11 is 0. The number of ether oxygens (including phenoxy) is 1. The van der Waals surface area contributed by atoms with Crippen molar-refractivity contribution < 1.29 is 32.7 Å². The highest BCUT2D eigenvalue weighted by Gasteiger charge is 2.63. The van der Waals surface area contributed by atoms with Crippen molar-refractivity contribution in [3.63, 3.8) is 0 Å². The topological polar surface area (TPSA) is 151 Å². The quantitative estimate of drug-likeness (QED) is 0.333. The summed E-state index contributed by atoms with van der Waals surface area (Å²) in [6.07, 6.45) is 1.84. The molecule has 2 aliphatic heterocycles. The molecule has 3 fully saturated rings. The van der Waals surface area contributed by atoms with E-state index < -0.39 is 18.1 Å². The van der Waals surface area contributed by atoms with Gasteiger partial charge in [0.1, 0.15) is 5.60 Å². The third-order valence-electron chi connectivity index (χ3n) is 9.16. The van der Waals surface area contributed by atoms with E-state index in [-0.39, 0.29) is 36.1 Å². The number of nitrogens with zero attached hydrogens (tertiary/aromatic N) is 7. The van der Waals surface area contributed by atoms with Gasteiger partial charge in [-0.1, -0.05) is 5.16 Å². The summed E-state index contributed by atoms with van der Waals surface area (Å²) in [7, 11) is 1.33. The SMILES string of the molecule is COC(=O)N1C[C@H](c2nc(-c3cnc(C)c(NC(=O)c4cnn5ccc(N6CC7(C6)CC(O)(C(F)F)C7)cc45)c3)no2)[C@H]1C. The largest absolute Gasteiger partial charge is 0.453 e. The van der Waals surface area contributed by atoms with Crippen LogP contribution in [-0.2, 0) is 4.74 Å². The lowest BCUT2D eigenvalue weighted by molar-refractivity contribution is -0.209. The lowest BCUT2D eigenvalue weighted by Crippen LogP contribution is -2.70. The van der Waals surface area contributed by atoms with Gasteiger partial charge in [0.2, 0.25) is 11.7 Å². The van der Waals surface area contributed by atoms with Crippen LogP contribution in [0, 0.1) is 12.3 Å². The molecule has 3 aliphatic rings. The van der Waals surface area contributed by atoms with Crippen LogP contribution in [0.2, 0.25) is 0 Å². The Morgan fingerprint density at radius 1 is 1.23 bits per heavy atom. The third-order valence-corrected chi connectivity index (χ3v) is 9.16. The molecule has 7 rings (SSSR count). The van der Waals surface area contributed by atoms with Gasteiger partial charge in [-0.2, -0.15) is 10.1 Å². The molecule has 15 heteroatoms. The van der Waals surface area contributed by atoms with Gasteiger partial charge in [-0.3, -0.25) is 9.78 Å². The van der Waals surface area contributed by atoms with Crippen molar-refractivity contribution >= 4 is 28.9 Å². The monoisotopic (exact) mass is 608 g/mol. The molecule has 230 valence electrons. The number of aliphatic hydroxyl groups is 1. The van der Waals surface area contributed by atoms with Crippen LogP contribution in [0.4, 0.5) is 25.0 Å². The van der Waals surface area contributed by atoms with E-state index >= 15 is 0 Å². The summed E-state index contributed by atoms with van der Waals surface area (Å²) in [6, 6.07) is 5.27. The number of aryl methyl sites for hydroxylation is 1. The highest BCUT2D eigenvalue weighted by Crippen LogP contribution is 2.56. The zero-order valence-corrected chi connectivity index (χ0v) is 24.2. The molecule has 0 aromatic carbocycles. The Balaban J connectivity index is 1.05. The molecular formula is C29H30F2N8O5. The highest BCUT2D eigenvalue weighted by molar-refractivity contribution is 6.09. The molecule has 13 nitrogen and oxygen atoms in total. The molecule has 1 saturated carbocycles. The van der Waals surface area contributed by atoms with Gasteiger partial charge in [-0.15, -0.1) is 0 Å². The summed E-state index contributed by atoms with van der Waals surface area (Å²) in [6.45, 7) is 5.18. The Kier molecular flexibility index (Phi) is 6.35. The number of nitrogens with one attached hydrogen (secondary N) is 1. The average Bonchev–Trinajstić information content (AvgIpc) is 3.61. The van der Waals surface area contributed by atoms with Crippen LogP contribution < -0.4 is 10.2 Å². The van der Waals surface area contributed by atoms with Crippen molar-refractivity contribution in [2.45, 2.75) is 50.7 Å². The van der Waals surface area contributed by atoms with Gasteiger partial charge < -0.3 is 29.5 Å². The number of alkyl halides is 2. The second-order valence-electron chi connectivity index (χ2n) is 12.1. The van der Waals surface area contributed by atoms with Crippen molar-refractivity contribution in [2.24, 2.45) is 5.41 Å². The number of carbonyl (C=O) groups is 2. The molecule has 4 aromatic rings. The number of rotatable bonds is 6. The molecule has 2 atom stereocenters. The number of likely N-dealkylation sites (tertiary alicyclic amines) is 1. The summed E-state index contributed by atoms with van der Waals surface area (Å²) < 4.78 is 38.1. The molecular weight excluding hydrogens is 578 g/mol. The summed E-state index contributed by atoms with van der Waals surface area (Å²) in [5, 5.41) is 21.3. The standard InChI is InChI=1S/C29H30F2N8O5/c1-15-21(6-17(8-32-15)23-35-25(44-36-23)20-10-38(16(20)2)27(41)43-3)34-24(40)19-9-33-39-5-4-18(7-22(19)39)37-13-28(14-37)11-29(42,12-28)26(30)31/h4-9,16,20,26,42H,10-14H2,1-3H3,(H,34,40)/t16-,20+/m1/s1. The van der Waals surface area contributed by atoms with Gasteiger partial charge in [0.25, 0.3) is 12.3 Å². The number of carbonyl (C=O) groups excluding carboxylic acids is 2. The predicted molar refractivity (Wildman–Crippen MR) is 152 cm³/mol. The van der Waals surface area contributed by atoms with Gasteiger partial charge in [0.05, 0.1) is 41.7 Å². The Bertz CT molecular complexity index is 1780. The molecule has 4 aromatic heterocycles. The first-order valence-electron chi connectivity index (χ1n) is 14.2. The normalized spacial score (nSPS) is 21.6. The molecule has 2 N–H and O–H groups in total. The molecule has 2 amide bonds. The van der Waals surface area contributed by atoms with Crippen molar-refractivity contribution in [2.75, 3.05) is 37.0 Å². The summed E-state index contributed by atoms with van der Waals surface area (Å²) in [5.74, 6) is 0.194. The zero-order chi connectivity index (χ0) is 31.0. The Morgan fingerprint density at radius 3 is 2.70 bits per heavy atom. The molecule has 0 unspecified atom stereocenters. The molecule has 0 bridgehead atoms. The van der Waals surface area contributed by atoms with Gasteiger partial charge >= 0.3 is 6.09 Å². The smallest absolute Gasteiger partial charge is 0.409 e. The number of hydrogen-bond acceptors (Lipinski definition) is 10. The highest BCUT2D eigenvalue weighted by atomic mass is 19.3. The third kappa shape index (κ3) is 4.44. The van der Waals surface area contributed by atoms with E-state index in [0.29, 0.717) is 59.4 Å². The van der Waals surface area contributed by atoms with E-state index in [1.165, 1.54) is 13.3 Å². The van der Waals surface area contributed by atoms with Crippen LogP contribution in [0.3, 0.4) is 0 Å². The first-order chi connectivity index (χ1) is 21.0. The van der Waals surface area contributed by atoms with Crippen molar-refractivity contribution in [3.8, 4) is 11.4 Å². The second kappa shape index (κ2) is 9.94. The first kappa shape index (κ1) is 28.1. The average molecular weight is 609 g/mol.